The molecule has 0 aliphatic heterocycles. The summed E-state index contributed by atoms with van der Waals surface area (Å²) in [6, 6.07) is 0. The number of nitrogen functional groups attached to an aromatic ring is 1. The summed E-state index contributed by atoms with van der Waals surface area (Å²) in [5, 5.41) is 11.9. The molecule has 0 saturated heterocycles. The molecule has 1 rings (SSSR count). The molecule has 0 spiro atoms. The van der Waals surface area contributed by atoms with E-state index in [-0.39, 0.29) is 5.69 Å². The lowest BCUT2D eigenvalue weighted by Gasteiger charge is -1.93. The van der Waals surface area contributed by atoms with Gasteiger partial charge < -0.3 is 5.73 Å². The highest BCUT2D eigenvalue weighted by molar-refractivity contribution is 5.76. The van der Waals surface area contributed by atoms with Crippen LogP contribution in [-0.2, 0) is 0 Å². The first kappa shape index (κ1) is 8.18. The maximum absolute atomic E-state index is 11.1. The van der Waals surface area contributed by atoms with Crippen LogP contribution in [0.4, 0.5) is 5.69 Å². The Labute approximate surface area is 66.7 Å². The SMILES string of the molecule is Cc1[nH]n(C(=N)N)c(=O)c1N=O. The van der Waals surface area contributed by atoms with E-state index in [1.165, 1.54) is 6.92 Å². The molecule has 7 heteroatoms. The highest BCUT2D eigenvalue weighted by atomic mass is 16.3. The lowest BCUT2D eigenvalue weighted by Crippen LogP contribution is -2.30. The van der Waals surface area contributed by atoms with Crippen molar-refractivity contribution in [2.45, 2.75) is 6.92 Å². The van der Waals surface area contributed by atoms with E-state index in [2.05, 4.69) is 10.3 Å². The van der Waals surface area contributed by atoms with Gasteiger partial charge in [-0.1, -0.05) is 0 Å². The molecule has 0 atom stereocenters. The Kier molecular flexibility index (Phi) is 1.78. The van der Waals surface area contributed by atoms with Crippen LogP contribution < -0.4 is 11.3 Å². The molecular weight excluding hydrogens is 162 g/mol. The predicted molar refractivity (Wildman–Crippen MR) is 42.6 cm³/mol. The summed E-state index contributed by atoms with van der Waals surface area (Å²) >= 11 is 0. The molecule has 0 aliphatic carbocycles. The van der Waals surface area contributed by atoms with Crippen LogP contribution in [-0.4, -0.2) is 15.7 Å². The number of H-pyrrole nitrogens is 1. The minimum Gasteiger partial charge on any atom is -0.368 e. The molecule has 12 heavy (non-hydrogen) atoms. The average Bonchev–Trinajstić information content (AvgIpc) is 2.27. The van der Waals surface area contributed by atoms with Gasteiger partial charge in [0.2, 0.25) is 5.96 Å². The van der Waals surface area contributed by atoms with E-state index >= 15 is 0 Å². The van der Waals surface area contributed by atoms with Gasteiger partial charge in [-0.15, -0.1) is 4.91 Å². The second-order valence-electron chi connectivity index (χ2n) is 2.20. The smallest absolute Gasteiger partial charge is 0.303 e. The van der Waals surface area contributed by atoms with Gasteiger partial charge in [0, 0.05) is 0 Å². The number of nitrogens with zero attached hydrogens (tertiary/aromatic N) is 2. The molecule has 1 aromatic heterocycles. The summed E-state index contributed by atoms with van der Waals surface area (Å²) in [7, 11) is 0. The number of hydrogen-bond acceptors (Lipinski definition) is 4. The predicted octanol–water partition coefficient (Wildman–Crippen LogP) is -0.376. The second kappa shape index (κ2) is 2.61. The number of nitroso groups, excluding NO2 is 1. The highest BCUT2D eigenvalue weighted by Gasteiger charge is 2.12. The fourth-order valence-corrected chi connectivity index (χ4v) is 0.815. The van der Waals surface area contributed by atoms with Crippen LogP contribution in [0.5, 0.6) is 0 Å². The van der Waals surface area contributed by atoms with Gasteiger partial charge >= 0.3 is 5.56 Å². The molecule has 7 nitrogen and oxygen atoms in total. The zero-order valence-corrected chi connectivity index (χ0v) is 6.29. The molecule has 1 aromatic rings. The maximum atomic E-state index is 11.1. The van der Waals surface area contributed by atoms with E-state index < -0.39 is 11.5 Å². The molecule has 4 N–H and O–H groups in total. The van der Waals surface area contributed by atoms with E-state index in [1.54, 1.807) is 0 Å². The van der Waals surface area contributed by atoms with Crippen LogP contribution in [0.15, 0.2) is 9.97 Å². The summed E-state index contributed by atoms with van der Waals surface area (Å²) in [4.78, 5) is 21.2. The van der Waals surface area contributed by atoms with Crippen LogP contribution in [0, 0.1) is 17.2 Å². The Balaban J connectivity index is 3.47. The second-order valence-corrected chi connectivity index (χ2v) is 2.20. The monoisotopic (exact) mass is 169 g/mol. The van der Waals surface area contributed by atoms with Crippen LogP contribution in [0.1, 0.15) is 5.69 Å². The summed E-state index contributed by atoms with van der Waals surface area (Å²) in [6.45, 7) is 1.50. The van der Waals surface area contributed by atoms with E-state index in [9.17, 15) is 9.70 Å². The number of aryl methyl sites for hydroxylation is 1. The normalized spacial score (nSPS) is 9.75. The minimum atomic E-state index is -0.699. The molecule has 1 heterocycles. The van der Waals surface area contributed by atoms with Crippen molar-refractivity contribution in [3.05, 3.63) is 21.0 Å². The van der Waals surface area contributed by atoms with Crippen molar-refractivity contribution in [3.63, 3.8) is 0 Å². The molecule has 64 valence electrons. The molecule has 0 unspecified atom stereocenters. The first-order valence-corrected chi connectivity index (χ1v) is 3.07. The van der Waals surface area contributed by atoms with Crippen molar-refractivity contribution in [1.29, 1.82) is 5.41 Å². The van der Waals surface area contributed by atoms with Crippen molar-refractivity contribution in [3.8, 4) is 0 Å². The van der Waals surface area contributed by atoms with Crippen molar-refractivity contribution < 1.29 is 0 Å². The van der Waals surface area contributed by atoms with Crippen LogP contribution in [0.2, 0.25) is 0 Å². The van der Waals surface area contributed by atoms with Gasteiger partial charge in [0.15, 0.2) is 5.69 Å². The molecular formula is C5H7N5O2. The Hall–Kier alpha value is -1.92. The third kappa shape index (κ3) is 1.00. The molecule has 0 aromatic carbocycles. The number of nitrogens with two attached hydrogens (primary N) is 1. The van der Waals surface area contributed by atoms with E-state index in [0.717, 1.165) is 4.68 Å². The lowest BCUT2D eigenvalue weighted by molar-refractivity contribution is 0.865. The van der Waals surface area contributed by atoms with Gasteiger partial charge in [0.1, 0.15) is 0 Å². The number of rotatable bonds is 1. The molecule has 0 amide bonds. The number of hydrogen-bond donors (Lipinski definition) is 3. The molecule has 0 saturated carbocycles. The standard InChI is InChI=1S/C5H7N5O2/c1-2-3(9-12)4(11)10(8-2)5(6)7/h8H,1H3,(H3,6,7). The zero-order valence-electron chi connectivity index (χ0n) is 6.29. The summed E-state index contributed by atoms with van der Waals surface area (Å²) < 4.78 is 0.742. The number of nitrogens with one attached hydrogen (secondary N) is 2. The molecule has 0 bridgehead atoms. The largest absolute Gasteiger partial charge is 0.368 e. The number of aromatic amines is 1. The van der Waals surface area contributed by atoms with Gasteiger partial charge in [-0.25, -0.2) is 0 Å². The first-order chi connectivity index (χ1) is 5.57. The van der Waals surface area contributed by atoms with Gasteiger partial charge in [-0.2, -0.15) is 4.68 Å². The Bertz CT molecular complexity index is 387. The minimum absolute atomic E-state index is 0.245. The molecule has 0 fully saturated rings. The van der Waals surface area contributed by atoms with Crippen molar-refractivity contribution >= 4 is 11.6 Å². The van der Waals surface area contributed by atoms with Gasteiger partial charge in [0.05, 0.1) is 5.69 Å². The van der Waals surface area contributed by atoms with Crippen molar-refractivity contribution in [2.75, 3.05) is 0 Å². The fourth-order valence-electron chi connectivity index (χ4n) is 0.815. The maximum Gasteiger partial charge on any atom is 0.303 e. The highest BCUT2D eigenvalue weighted by Crippen LogP contribution is 2.07. The van der Waals surface area contributed by atoms with Gasteiger partial charge in [-0.05, 0) is 12.1 Å². The van der Waals surface area contributed by atoms with E-state index in [4.69, 9.17) is 11.1 Å². The van der Waals surface area contributed by atoms with E-state index in [1.807, 2.05) is 0 Å². The fraction of sp³-hybridized carbons (Fsp3) is 0.200. The van der Waals surface area contributed by atoms with Crippen molar-refractivity contribution in [2.24, 2.45) is 10.9 Å². The number of aromatic nitrogens is 2. The molecule has 0 radical (unpaired) electrons. The first-order valence-electron chi connectivity index (χ1n) is 3.07. The summed E-state index contributed by atoms with van der Waals surface area (Å²) in [6.07, 6.45) is 0. The molecule has 0 aliphatic rings. The van der Waals surface area contributed by atoms with E-state index in [0.29, 0.717) is 5.69 Å². The summed E-state index contributed by atoms with van der Waals surface area (Å²) in [5.74, 6) is -0.474. The Morgan fingerprint density at radius 1 is 1.75 bits per heavy atom. The summed E-state index contributed by atoms with van der Waals surface area (Å²) in [5.41, 5.74) is 4.38. The van der Waals surface area contributed by atoms with Gasteiger partial charge in [-0.3, -0.25) is 15.3 Å². The third-order valence-corrected chi connectivity index (χ3v) is 1.37. The Morgan fingerprint density at radius 2 is 2.33 bits per heavy atom. The quantitative estimate of drug-likeness (QED) is 0.302. The third-order valence-electron chi connectivity index (χ3n) is 1.37. The average molecular weight is 169 g/mol. The van der Waals surface area contributed by atoms with Crippen molar-refractivity contribution in [1.82, 2.24) is 9.78 Å². The zero-order chi connectivity index (χ0) is 9.30. The Morgan fingerprint density at radius 3 is 2.58 bits per heavy atom. The lowest BCUT2D eigenvalue weighted by atomic mass is 10.4. The van der Waals surface area contributed by atoms with Crippen LogP contribution in [0.25, 0.3) is 0 Å². The van der Waals surface area contributed by atoms with Crippen LogP contribution >= 0.6 is 0 Å². The van der Waals surface area contributed by atoms with Crippen LogP contribution in [0.3, 0.4) is 0 Å². The van der Waals surface area contributed by atoms with Gasteiger partial charge in [0.25, 0.3) is 0 Å². The topological polar surface area (TPSA) is 117 Å².